The first-order valence-electron chi connectivity index (χ1n) is 4.28. The molecule has 2 aromatic rings. The fourth-order valence-electron chi connectivity index (χ4n) is 1.32. The lowest BCUT2D eigenvalue weighted by atomic mass is 10.2. The number of aromatic nitrogens is 2. The second kappa shape index (κ2) is 3.67. The minimum Gasteiger partial charge on any atom is -0.493 e. The number of nitrogens with one attached hydrogen (secondary N) is 1. The van der Waals surface area contributed by atoms with Crippen LogP contribution >= 0.6 is 12.2 Å². The molecular formula is C10H10N2OS. The summed E-state index contributed by atoms with van der Waals surface area (Å²) in [6, 6.07) is 9.96. The van der Waals surface area contributed by atoms with E-state index in [1.807, 2.05) is 30.3 Å². The maximum absolute atomic E-state index is 9.17. The standard InChI is InChI=1S/C10H10N2OS/c13-9-7-12(10(14)11-9)6-8-4-2-1-3-5-8/h1-5,7,13H,6H2,(H,11,14). The molecule has 4 heteroatoms. The van der Waals surface area contributed by atoms with Gasteiger partial charge in [-0.25, -0.2) is 0 Å². The zero-order valence-electron chi connectivity index (χ0n) is 7.47. The van der Waals surface area contributed by atoms with Gasteiger partial charge in [0.05, 0.1) is 6.20 Å². The van der Waals surface area contributed by atoms with E-state index in [1.54, 1.807) is 10.8 Å². The van der Waals surface area contributed by atoms with Gasteiger partial charge in [0, 0.05) is 6.54 Å². The summed E-state index contributed by atoms with van der Waals surface area (Å²) >= 11 is 5.02. The van der Waals surface area contributed by atoms with Gasteiger partial charge >= 0.3 is 0 Å². The van der Waals surface area contributed by atoms with E-state index in [9.17, 15) is 0 Å². The summed E-state index contributed by atoms with van der Waals surface area (Å²) in [4.78, 5) is 2.66. The molecule has 0 radical (unpaired) electrons. The van der Waals surface area contributed by atoms with Crippen LogP contribution in [0.1, 0.15) is 5.56 Å². The van der Waals surface area contributed by atoms with Gasteiger partial charge in [-0.05, 0) is 17.8 Å². The first-order chi connectivity index (χ1) is 6.75. The first-order valence-corrected chi connectivity index (χ1v) is 4.69. The molecule has 0 aliphatic rings. The Morgan fingerprint density at radius 2 is 2.00 bits per heavy atom. The molecule has 1 aromatic heterocycles. The van der Waals surface area contributed by atoms with Crippen molar-refractivity contribution >= 4 is 12.2 Å². The lowest BCUT2D eigenvalue weighted by Crippen LogP contribution is -1.97. The minimum absolute atomic E-state index is 0.103. The van der Waals surface area contributed by atoms with Crippen molar-refractivity contribution in [1.29, 1.82) is 0 Å². The fraction of sp³-hybridized carbons (Fsp3) is 0.100. The minimum atomic E-state index is 0.103. The Kier molecular flexibility index (Phi) is 2.37. The van der Waals surface area contributed by atoms with E-state index < -0.39 is 0 Å². The molecule has 0 saturated carbocycles. The number of benzene rings is 1. The molecule has 0 amide bonds. The topological polar surface area (TPSA) is 41.0 Å². The Hall–Kier alpha value is -1.55. The highest BCUT2D eigenvalue weighted by atomic mass is 32.1. The predicted octanol–water partition coefficient (Wildman–Crippen LogP) is 2.30. The monoisotopic (exact) mass is 206 g/mol. The van der Waals surface area contributed by atoms with Crippen LogP contribution in [0.2, 0.25) is 0 Å². The van der Waals surface area contributed by atoms with Gasteiger partial charge in [-0.15, -0.1) is 0 Å². The Labute approximate surface area is 86.6 Å². The highest BCUT2D eigenvalue weighted by molar-refractivity contribution is 7.71. The summed E-state index contributed by atoms with van der Waals surface area (Å²) in [6.45, 7) is 0.677. The summed E-state index contributed by atoms with van der Waals surface area (Å²) in [7, 11) is 0. The summed E-state index contributed by atoms with van der Waals surface area (Å²) in [5.41, 5.74) is 1.16. The van der Waals surface area contributed by atoms with Gasteiger partial charge in [0.1, 0.15) is 0 Å². The van der Waals surface area contributed by atoms with Gasteiger partial charge in [-0.3, -0.25) is 0 Å². The largest absolute Gasteiger partial charge is 0.493 e. The molecule has 0 aliphatic heterocycles. The van der Waals surface area contributed by atoms with Crippen LogP contribution in [0, 0.1) is 4.77 Å². The van der Waals surface area contributed by atoms with Crippen LogP contribution in [0.5, 0.6) is 5.88 Å². The van der Waals surface area contributed by atoms with E-state index in [0.29, 0.717) is 11.3 Å². The number of nitrogens with zero attached hydrogens (tertiary/aromatic N) is 1. The molecule has 0 fully saturated rings. The van der Waals surface area contributed by atoms with Gasteiger partial charge in [-0.1, -0.05) is 30.3 Å². The maximum atomic E-state index is 9.17. The Bertz CT molecular complexity index is 472. The number of aromatic amines is 1. The number of hydrogen-bond donors (Lipinski definition) is 2. The molecule has 2 N–H and O–H groups in total. The number of hydrogen-bond acceptors (Lipinski definition) is 2. The van der Waals surface area contributed by atoms with Crippen molar-refractivity contribution in [1.82, 2.24) is 9.55 Å². The molecule has 0 aliphatic carbocycles. The van der Waals surface area contributed by atoms with Gasteiger partial charge in [-0.2, -0.15) is 0 Å². The summed E-state index contributed by atoms with van der Waals surface area (Å²) in [6.07, 6.45) is 1.59. The molecule has 0 unspecified atom stereocenters. The summed E-state index contributed by atoms with van der Waals surface area (Å²) < 4.78 is 2.33. The molecular weight excluding hydrogens is 196 g/mol. The average molecular weight is 206 g/mol. The third kappa shape index (κ3) is 1.85. The second-order valence-corrected chi connectivity index (χ2v) is 3.44. The number of rotatable bonds is 2. The smallest absolute Gasteiger partial charge is 0.207 e. The molecule has 3 nitrogen and oxygen atoms in total. The lowest BCUT2D eigenvalue weighted by molar-refractivity contribution is 0.455. The van der Waals surface area contributed by atoms with Gasteiger partial charge in [0.25, 0.3) is 0 Å². The van der Waals surface area contributed by atoms with E-state index in [0.717, 1.165) is 5.56 Å². The number of imidazole rings is 1. The molecule has 0 atom stereocenters. The maximum Gasteiger partial charge on any atom is 0.207 e. The van der Waals surface area contributed by atoms with Gasteiger partial charge in [0.15, 0.2) is 4.77 Å². The SMILES string of the molecule is Oc1cn(Cc2ccccc2)c(=S)[nH]1. The fourth-order valence-corrected chi connectivity index (χ4v) is 1.54. The average Bonchev–Trinajstić information content (AvgIpc) is 2.47. The molecule has 0 bridgehead atoms. The van der Waals surface area contributed by atoms with Crippen LogP contribution in [0.25, 0.3) is 0 Å². The van der Waals surface area contributed by atoms with Crippen molar-refractivity contribution in [2.45, 2.75) is 6.54 Å². The van der Waals surface area contributed by atoms with Crippen LogP contribution in [0.15, 0.2) is 36.5 Å². The zero-order valence-corrected chi connectivity index (χ0v) is 8.29. The van der Waals surface area contributed by atoms with E-state index in [-0.39, 0.29) is 5.88 Å². The Morgan fingerprint density at radius 1 is 1.29 bits per heavy atom. The van der Waals surface area contributed by atoms with Crippen LogP contribution in [-0.2, 0) is 6.54 Å². The number of aromatic hydroxyl groups is 1. The van der Waals surface area contributed by atoms with Crippen LogP contribution in [0.3, 0.4) is 0 Å². The lowest BCUT2D eigenvalue weighted by Gasteiger charge is -2.00. The highest BCUT2D eigenvalue weighted by Gasteiger charge is 1.98. The van der Waals surface area contributed by atoms with Crippen molar-refractivity contribution in [3.05, 3.63) is 46.9 Å². The molecule has 1 heterocycles. The first kappa shape index (κ1) is 9.02. The van der Waals surface area contributed by atoms with Gasteiger partial charge < -0.3 is 14.7 Å². The Morgan fingerprint density at radius 3 is 2.57 bits per heavy atom. The third-order valence-electron chi connectivity index (χ3n) is 1.97. The van der Waals surface area contributed by atoms with Crippen molar-refractivity contribution in [2.75, 3.05) is 0 Å². The van der Waals surface area contributed by atoms with Crippen molar-refractivity contribution in [2.24, 2.45) is 0 Å². The van der Waals surface area contributed by atoms with E-state index in [1.165, 1.54) is 0 Å². The third-order valence-corrected chi connectivity index (χ3v) is 2.31. The molecule has 14 heavy (non-hydrogen) atoms. The molecule has 1 aromatic carbocycles. The second-order valence-electron chi connectivity index (χ2n) is 3.06. The molecule has 0 saturated heterocycles. The normalized spacial score (nSPS) is 10.3. The van der Waals surface area contributed by atoms with Crippen LogP contribution < -0.4 is 0 Å². The van der Waals surface area contributed by atoms with E-state index in [2.05, 4.69) is 4.98 Å². The van der Waals surface area contributed by atoms with Crippen LogP contribution in [-0.4, -0.2) is 14.7 Å². The van der Waals surface area contributed by atoms with E-state index >= 15 is 0 Å². The predicted molar refractivity (Wildman–Crippen MR) is 56.8 cm³/mol. The quantitative estimate of drug-likeness (QED) is 0.740. The van der Waals surface area contributed by atoms with Crippen molar-refractivity contribution in [3.63, 3.8) is 0 Å². The van der Waals surface area contributed by atoms with Crippen molar-refractivity contribution in [3.8, 4) is 5.88 Å². The molecule has 2 rings (SSSR count). The number of H-pyrrole nitrogens is 1. The highest BCUT2D eigenvalue weighted by Crippen LogP contribution is 2.08. The van der Waals surface area contributed by atoms with Crippen LogP contribution in [0.4, 0.5) is 0 Å². The summed E-state index contributed by atoms with van der Waals surface area (Å²) in [5.74, 6) is 0.103. The van der Waals surface area contributed by atoms with Gasteiger partial charge in [0.2, 0.25) is 5.88 Å². The zero-order chi connectivity index (χ0) is 9.97. The van der Waals surface area contributed by atoms with Crippen molar-refractivity contribution < 1.29 is 5.11 Å². The Balaban J connectivity index is 2.28. The van der Waals surface area contributed by atoms with E-state index in [4.69, 9.17) is 17.3 Å². The molecule has 0 spiro atoms. The molecule has 72 valence electrons. The summed E-state index contributed by atoms with van der Waals surface area (Å²) in [5, 5.41) is 9.17.